The van der Waals surface area contributed by atoms with Gasteiger partial charge in [-0.2, -0.15) is 0 Å². The largest absolute Gasteiger partial charge is 0.393 e. The van der Waals surface area contributed by atoms with Gasteiger partial charge in [0, 0.05) is 13.1 Å². The van der Waals surface area contributed by atoms with Gasteiger partial charge in [-0.3, -0.25) is 4.90 Å². The van der Waals surface area contributed by atoms with Gasteiger partial charge in [0.25, 0.3) is 0 Å². The molecule has 0 bridgehead atoms. The minimum absolute atomic E-state index is 0.191. The lowest BCUT2D eigenvalue weighted by Crippen LogP contribution is -2.50. The lowest BCUT2D eigenvalue weighted by molar-refractivity contribution is -0.0692. The first-order valence-electron chi connectivity index (χ1n) is 9.62. The fourth-order valence-corrected chi connectivity index (χ4v) is 3.97. The maximum absolute atomic E-state index is 10.5. The molecule has 3 aromatic rings. The van der Waals surface area contributed by atoms with Gasteiger partial charge in [-0.25, -0.2) is 4.98 Å². The second kappa shape index (κ2) is 7.43. The molecule has 0 unspecified atom stereocenters. The van der Waals surface area contributed by atoms with Crippen molar-refractivity contribution in [3.05, 3.63) is 65.5 Å². The molecule has 0 aliphatic carbocycles. The van der Waals surface area contributed by atoms with E-state index in [2.05, 4.69) is 46.7 Å². The summed E-state index contributed by atoms with van der Waals surface area (Å²) in [5.74, 6) is 0.999. The van der Waals surface area contributed by atoms with E-state index in [1.54, 1.807) is 0 Å². The highest BCUT2D eigenvalue weighted by Crippen LogP contribution is 2.24. The minimum atomic E-state index is -0.994. The van der Waals surface area contributed by atoms with Gasteiger partial charge in [0.15, 0.2) is 0 Å². The van der Waals surface area contributed by atoms with E-state index < -0.39 is 5.60 Å². The normalized spacial score (nSPS) is 21.0. The number of fused-ring (bicyclic) bond motifs is 1. The number of aliphatic hydroxyl groups excluding tert-OH is 1. The average molecular weight is 365 g/mol. The molecule has 0 spiro atoms. The number of hydrogen-bond acceptors (Lipinski definition) is 4. The van der Waals surface area contributed by atoms with Crippen molar-refractivity contribution in [3.8, 4) is 0 Å². The van der Waals surface area contributed by atoms with Crippen LogP contribution in [0.2, 0.25) is 0 Å². The molecule has 1 aliphatic rings. The van der Waals surface area contributed by atoms with Crippen molar-refractivity contribution in [2.45, 2.75) is 38.5 Å². The van der Waals surface area contributed by atoms with Crippen LogP contribution in [-0.4, -0.2) is 50.0 Å². The fraction of sp³-hybridized carbons (Fsp3) is 0.409. The molecule has 1 aliphatic heterocycles. The van der Waals surface area contributed by atoms with E-state index in [1.165, 1.54) is 11.1 Å². The number of nitrogens with zero attached hydrogens (tertiary/aromatic N) is 3. The van der Waals surface area contributed by atoms with E-state index in [-0.39, 0.29) is 6.61 Å². The quantitative estimate of drug-likeness (QED) is 0.730. The highest BCUT2D eigenvalue weighted by Gasteiger charge is 2.33. The first-order valence-corrected chi connectivity index (χ1v) is 9.62. The molecule has 0 saturated carbocycles. The van der Waals surface area contributed by atoms with Crippen LogP contribution in [0.15, 0.2) is 48.5 Å². The summed E-state index contributed by atoms with van der Waals surface area (Å²) in [5, 5.41) is 20.0. The number of imidazole rings is 1. The lowest BCUT2D eigenvalue weighted by Gasteiger charge is -2.37. The minimum Gasteiger partial charge on any atom is -0.393 e. The molecule has 2 heterocycles. The van der Waals surface area contributed by atoms with E-state index in [0.29, 0.717) is 19.5 Å². The summed E-state index contributed by atoms with van der Waals surface area (Å²) in [6.07, 6.45) is 1.54. The highest BCUT2D eigenvalue weighted by atomic mass is 16.3. The van der Waals surface area contributed by atoms with E-state index >= 15 is 0 Å². The molecule has 2 aromatic carbocycles. The number of aromatic nitrogens is 2. The predicted molar refractivity (Wildman–Crippen MR) is 107 cm³/mol. The number of aryl methyl sites for hydroxylation is 1. The Bertz CT molecular complexity index is 919. The van der Waals surface area contributed by atoms with E-state index in [0.717, 1.165) is 36.4 Å². The van der Waals surface area contributed by atoms with Gasteiger partial charge >= 0.3 is 0 Å². The summed E-state index contributed by atoms with van der Waals surface area (Å²) >= 11 is 0. The highest BCUT2D eigenvalue weighted by molar-refractivity contribution is 5.76. The topological polar surface area (TPSA) is 61.5 Å². The van der Waals surface area contributed by atoms with E-state index in [4.69, 9.17) is 4.98 Å². The van der Waals surface area contributed by atoms with Crippen molar-refractivity contribution in [1.29, 1.82) is 0 Å². The van der Waals surface area contributed by atoms with Crippen LogP contribution < -0.4 is 0 Å². The van der Waals surface area contributed by atoms with Crippen molar-refractivity contribution < 1.29 is 10.2 Å². The van der Waals surface area contributed by atoms with Crippen LogP contribution in [0.1, 0.15) is 29.8 Å². The predicted octanol–water partition coefficient (Wildman–Crippen LogP) is 2.71. The van der Waals surface area contributed by atoms with Crippen molar-refractivity contribution in [1.82, 2.24) is 14.5 Å². The van der Waals surface area contributed by atoms with Gasteiger partial charge in [0.2, 0.25) is 0 Å². The summed E-state index contributed by atoms with van der Waals surface area (Å²) in [5.41, 5.74) is 3.63. The maximum atomic E-state index is 10.5. The van der Waals surface area contributed by atoms with Crippen LogP contribution in [0.3, 0.4) is 0 Å². The lowest BCUT2D eigenvalue weighted by atomic mass is 9.94. The number of β-amino-alcohol motifs (C(OH)–C–C–N with tert-alkyl or cyclic N) is 1. The van der Waals surface area contributed by atoms with Gasteiger partial charge in [-0.1, -0.05) is 42.0 Å². The number of aliphatic hydroxyl groups is 2. The van der Waals surface area contributed by atoms with Gasteiger partial charge in [0.1, 0.15) is 11.4 Å². The Labute approximate surface area is 159 Å². The Hall–Kier alpha value is -2.21. The molecule has 5 heteroatoms. The van der Waals surface area contributed by atoms with Crippen molar-refractivity contribution in [2.75, 3.05) is 19.7 Å². The Balaban J connectivity index is 1.64. The number of likely N-dealkylation sites (tertiary alicyclic amines) is 1. The van der Waals surface area contributed by atoms with Crippen LogP contribution in [0.4, 0.5) is 0 Å². The fourth-order valence-electron chi connectivity index (χ4n) is 3.97. The van der Waals surface area contributed by atoms with Crippen LogP contribution in [-0.2, 0) is 13.1 Å². The zero-order valence-corrected chi connectivity index (χ0v) is 15.8. The SMILES string of the molecule is Cc1ccc(Cn2c(CN3CCC[C@](O)(CO)C3)nc3ccccc32)cc1. The van der Waals surface area contributed by atoms with Crippen LogP contribution in [0.25, 0.3) is 11.0 Å². The molecule has 1 fully saturated rings. The maximum Gasteiger partial charge on any atom is 0.124 e. The van der Waals surface area contributed by atoms with Crippen LogP contribution >= 0.6 is 0 Å². The van der Waals surface area contributed by atoms with E-state index in [9.17, 15) is 10.2 Å². The summed E-state index contributed by atoms with van der Waals surface area (Å²) in [6, 6.07) is 16.8. The van der Waals surface area contributed by atoms with Gasteiger partial charge in [0.05, 0.1) is 24.2 Å². The van der Waals surface area contributed by atoms with Gasteiger partial charge < -0.3 is 14.8 Å². The third-order valence-electron chi connectivity index (χ3n) is 5.49. The first kappa shape index (κ1) is 18.2. The van der Waals surface area contributed by atoms with Crippen molar-refractivity contribution in [3.63, 3.8) is 0 Å². The molecule has 0 amide bonds. The molecular weight excluding hydrogens is 338 g/mol. The summed E-state index contributed by atoms with van der Waals surface area (Å²) < 4.78 is 2.27. The number of benzene rings is 2. The second-order valence-electron chi connectivity index (χ2n) is 7.79. The summed E-state index contributed by atoms with van der Waals surface area (Å²) in [6.45, 7) is 4.74. The Morgan fingerprint density at radius 1 is 1.07 bits per heavy atom. The molecule has 142 valence electrons. The van der Waals surface area contributed by atoms with Crippen LogP contribution in [0, 0.1) is 6.92 Å². The molecule has 5 nitrogen and oxygen atoms in total. The van der Waals surface area contributed by atoms with Crippen molar-refractivity contribution >= 4 is 11.0 Å². The Morgan fingerprint density at radius 2 is 1.85 bits per heavy atom. The smallest absolute Gasteiger partial charge is 0.124 e. The standard InChI is InChI=1S/C22H27N3O2/c1-17-7-9-18(10-8-17)13-25-20-6-3-2-5-19(20)23-21(25)14-24-12-4-11-22(27,15-24)16-26/h2-3,5-10,26-27H,4,11-16H2,1H3/t22-/m1/s1. The van der Waals surface area contributed by atoms with E-state index in [1.807, 2.05) is 18.2 Å². The average Bonchev–Trinajstić information content (AvgIpc) is 3.01. The molecule has 0 radical (unpaired) electrons. The monoisotopic (exact) mass is 365 g/mol. The second-order valence-corrected chi connectivity index (χ2v) is 7.79. The number of para-hydroxylation sites is 2. The molecule has 1 saturated heterocycles. The summed E-state index contributed by atoms with van der Waals surface area (Å²) in [4.78, 5) is 7.07. The molecule has 1 aromatic heterocycles. The molecular formula is C22H27N3O2. The molecule has 2 N–H and O–H groups in total. The number of piperidine rings is 1. The molecule has 27 heavy (non-hydrogen) atoms. The Kier molecular flexibility index (Phi) is 5.00. The zero-order valence-electron chi connectivity index (χ0n) is 15.8. The first-order chi connectivity index (χ1) is 13.1. The van der Waals surface area contributed by atoms with Gasteiger partial charge in [-0.15, -0.1) is 0 Å². The number of rotatable bonds is 5. The zero-order chi connectivity index (χ0) is 18.9. The summed E-state index contributed by atoms with van der Waals surface area (Å²) in [7, 11) is 0. The van der Waals surface area contributed by atoms with Crippen LogP contribution in [0.5, 0.6) is 0 Å². The molecule has 4 rings (SSSR count). The third-order valence-corrected chi connectivity index (χ3v) is 5.49. The number of hydrogen-bond donors (Lipinski definition) is 2. The van der Waals surface area contributed by atoms with Gasteiger partial charge in [-0.05, 0) is 44.0 Å². The molecule has 1 atom stereocenters. The van der Waals surface area contributed by atoms with Crippen molar-refractivity contribution in [2.24, 2.45) is 0 Å². The third kappa shape index (κ3) is 3.90. The Morgan fingerprint density at radius 3 is 2.63 bits per heavy atom.